The van der Waals surface area contributed by atoms with E-state index >= 15 is 0 Å². The van der Waals surface area contributed by atoms with Crippen LogP contribution in [0.15, 0.2) is 65.2 Å². The molecule has 0 spiro atoms. The number of benzene rings is 2. The number of hydrogen-bond acceptors (Lipinski definition) is 4. The van der Waals surface area contributed by atoms with E-state index in [4.69, 9.17) is 16.0 Å². The molecule has 1 N–H and O–H groups in total. The van der Waals surface area contributed by atoms with Crippen LogP contribution in [-0.2, 0) is 11.2 Å². The molecule has 7 heteroatoms. The maximum absolute atomic E-state index is 12.5. The molecule has 1 amide bonds. The zero-order chi connectivity index (χ0) is 21.1. The van der Waals surface area contributed by atoms with Crippen molar-refractivity contribution in [1.82, 2.24) is 14.8 Å². The van der Waals surface area contributed by atoms with E-state index in [0.29, 0.717) is 28.9 Å². The number of aromatic nitrogens is 3. The first-order chi connectivity index (χ1) is 14.5. The van der Waals surface area contributed by atoms with Gasteiger partial charge >= 0.3 is 0 Å². The summed E-state index contributed by atoms with van der Waals surface area (Å²) in [7, 11) is 0. The average Bonchev–Trinajstić information content (AvgIpc) is 3.34. The molecule has 2 aromatic carbocycles. The summed E-state index contributed by atoms with van der Waals surface area (Å²) >= 11 is 5.92. The molecule has 152 valence electrons. The van der Waals surface area contributed by atoms with Crippen LogP contribution in [0.3, 0.4) is 0 Å². The Hall–Kier alpha value is -3.38. The molecule has 2 aromatic heterocycles. The van der Waals surface area contributed by atoms with Crippen LogP contribution < -0.4 is 5.32 Å². The summed E-state index contributed by atoms with van der Waals surface area (Å²) in [6.07, 6.45) is 2.31. The van der Waals surface area contributed by atoms with Crippen molar-refractivity contribution in [3.63, 3.8) is 0 Å². The SMILES string of the molecule is Cc1ccc(-n2nc(C)cc2NC(=O)CCc2ncc(-c3ccc(Cl)cc3)o2)cc1. The molecule has 0 bridgehead atoms. The predicted molar refractivity (Wildman–Crippen MR) is 117 cm³/mol. The molecular formula is C23H21ClN4O2. The van der Waals surface area contributed by atoms with Gasteiger partial charge < -0.3 is 9.73 Å². The van der Waals surface area contributed by atoms with Gasteiger partial charge in [0.05, 0.1) is 17.6 Å². The summed E-state index contributed by atoms with van der Waals surface area (Å²) in [6.45, 7) is 3.92. The van der Waals surface area contributed by atoms with Gasteiger partial charge in [-0.3, -0.25) is 4.79 Å². The van der Waals surface area contributed by atoms with Gasteiger partial charge in [0, 0.05) is 29.5 Å². The largest absolute Gasteiger partial charge is 0.441 e. The molecular weight excluding hydrogens is 400 g/mol. The summed E-state index contributed by atoms with van der Waals surface area (Å²) in [5.74, 6) is 1.67. The number of oxazole rings is 1. The van der Waals surface area contributed by atoms with Gasteiger partial charge in [0.2, 0.25) is 5.91 Å². The van der Waals surface area contributed by atoms with Crippen molar-refractivity contribution < 1.29 is 9.21 Å². The third-order valence-electron chi connectivity index (χ3n) is 4.63. The first-order valence-electron chi connectivity index (χ1n) is 9.62. The lowest BCUT2D eigenvalue weighted by Gasteiger charge is -2.09. The standard InChI is InChI=1S/C23H21ClN4O2/c1-15-3-9-19(10-4-15)28-21(13-16(2)27-28)26-22(29)11-12-23-25-14-20(30-23)17-5-7-18(24)8-6-17/h3-10,13-14H,11-12H2,1-2H3,(H,26,29). The highest BCUT2D eigenvalue weighted by molar-refractivity contribution is 6.30. The lowest BCUT2D eigenvalue weighted by Crippen LogP contribution is -2.15. The van der Waals surface area contributed by atoms with E-state index in [2.05, 4.69) is 15.4 Å². The second-order valence-corrected chi connectivity index (χ2v) is 7.53. The van der Waals surface area contributed by atoms with Crippen LogP contribution in [0.5, 0.6) is 0 Å². The summed E-state index contributed by atoms with van der Waals surface area (Å²) in [5, 5.41) is 8.09. The van der Waals surface area contributed by atoms with E-state index < -0.39 is 0 Å². The maximum Gasteiger partial charge on any atom is 0.226 e. The molecule has 0 unspecified atom stereocenters. The van der Waals surface area contributed by atoms with E-state index in [1.807, 2.05) is 56.3 Å². The van der Waals surface area contributed by atoms with Crippen LogP contribution in [-0.4, -0.2) is 20.7 Å². The number of carbonyl (C=O) groups is 1. The van der Waals surface area contributed by atoms with Gasteiger partial charge in [-0.1, -0.05) is 29.3 Å². The van der Waals surface area contributed by atoms with Crippen molar-refractivity contribution in [3.05, 3.63) is 83.0 Å². The second kappa shape index (κ2) is 8.55. The van der Waals surface area contributed by atoms with Gasteiger partial charge in [-0.25, -0.2) is 9.67 Å². The minimum Gasteiger partial charge on any atom is -0.441 e. The number of amides is 1. The summed E-state index contributed by atoms with van der Waals surface area (Å²) < 4.78 is 7.50. The number of rotatable bonds is 6. The number of anilines is 1. The number of halogens is 1. The second-order valence-electron chi connectivity index (χ2n) is 7.09. The maximum atomic E-state index is 12.5. The summed E-state index contributed by atoms with van der Waals surface area (Å²) in [5.41, 5.74) is 3.77. The first kappa shape index (κ1) is 19.9. The Morgan fingerprint density at radius 3 is 2.57 bits per heavy atom. The molecule has 6 nitrogen and oxygen atoms in total. The van der Waals surface area contributed by atoms with Crippen LogP contribution in [0.1, 0.15) is 23.6 Å². The third-order valence-corrected chi connectivity index (χ3v) is 4.88. The third kappa shape index (κ3) is 4.60. The van der Waals surface area contributed by atoms with E-state index in [1.165, 1.54) is 0 Å². The van der Waals surface area contributed by atoms with Gasteiger partial charge in [0.15, 0.2) is 11.7 Å². The van der Waals surface area contributed by atoms with Gasteiger partial charge in [0.25, 0.3) is 0 Å². The number of hydrogen-bond donors (Lipinski definition) is 1. The molecule has 0 saturated heterocycles. The Bertz CT molecular complexity index is 1160. The van der Waals surface area contributed by atoms with E-state index in [9.17, 15) is 4.79 Å². The zero-order valence-corrected chi connectivity index (χ0v) is 17.5. The quantitative estimate of drug-likeness (QED) is 0.455. The van der Waals surface area contributed by atoms with Crippen molar-refractivity contribution in [3.8, 4) is 17.0 Å². The van der Waals surface area contributed by atoms with Crippen molar-refractivity contribution in [1.29, 1.82) is 0 Å². The highest BCUT2D eigenvalue weighted by atomic mass is 35.5. The van der Waals surface area contributed by atoms with Crippen molar-refractivity contribution in [2.24, 2.45) is 0 Å². The van der Waals surface area contributed by atoms with Crippen molar-refractivity contribution in [2.75, 3.05) is 5.32 Å². The molecule has 4 aromatic rings. The molecule has 0 saturated carbocycles. The molecule has 30 heavy (non-hydrogen) atoms. The first-order valence-corrected chi connectivity index (χ1v) is 10.00. The molecule has 4 rings (SSSR count). The molecule has 0 fully saturated rings. The molecule has 0 aliphatic heterocycles. The van der Waals surface area contributed by atoms with Crippen LogP contribution in [0, 0.1) is 13.8 Å². The highest BCUT2D eigenvalue weighted by Crippen LogP contribution is 2.23. The highest BCUT2D eigenvalue weighted by Gasteiger charge is 2.13. The normalized spacial score (nSPS) is 10.9. The number of aryl methyl sites for hydroxylation is 3. The van der Waals surface area contributed by atoms with Crippen LogP contribution in [0.4, 0.5) is 5.82 Å². The van der Waals surface area contributed by atoms with Crippen molar-refractivity contribution >= 4 is 23.3 Å². The smallest absolute Gasteiger partial charge is 0.226 e. The number of nitrogens with zero attached hydrogens (tertiary/aromatic N) is 3. The molecule has 0 radical (unpaired) electrons. The van der Waals surface area contributed by atoms with E-state index in [0.717, 1.165) is 22.5 Å². The number of nitrogens with one attached hydrogen (secondary N) is 1. The van der Waals surface area contributed by atoms with E-state index in [-0.39, 0.29) is 12.3 Å². The Balaban J connectivity index is 1.40. The molecule has 0 atom stereocenters. The Morgan fingerprint density at radius 2 is 1.83 bits per heavy atom. The van der Waals surface area contributed by atoms with Gasteiger partial charge in [-0.2, -0.15) is 5.10 Å². The van der Waals surface area contributed by atoms with Gasteiger partial charge in [-0.05, 0) is 50.2 Å². The monoisotopic (exact) mass is 420 g/mol. The fourth-order valence-corrected chi connectivity index (χ4v) is 3.20. The Kier molecular flexibility index (Phi) is 5.68. The minimum atomic E-state index is -0.130. The van der Waals surface area contributed by atoms with Crippen molar-refractivity contribution in [2.45, 2.75) is 26.7 Å². The Labute approximate surface area is 179 Å². The lowest BCUT2D eigenvalue weighted by molar-refractivity contribution is -0.116. The molecule has 0 aliphatic rings. The fourth-order valence-electron chi connectivity index (χ4n) is 3.07. The molecule has 0 aliphatic carbocycles. The summed E-state index contributed by atoms with van der Waals surface area (Å²) in [4.78, 5) is 16.8. The van der Waals surface area contributed by atoms with E-state index in [1.54, 1.807) is 23.0 Å². The fraction of sp³-hybridized carbons (Fsp3) is 0.174. The summed E-state index contributed by atoms with van der Waals surface area (Å²) in [6, 6.07) is 17.2. The average molecular weight is 421 g/mol. The van der Waals surface area contributed by atoms with Gasteiger partial charge in [-0.15, -0.1) is 0 Å². The van der Waals surface area contributed by atoms with Gasteiger partial charge in [0.1, 0.15) is 5.82 Å². The lowest BCUT2D eigenvalue weighted by atomic mass is 10.2. The minimum absolute atomic E-state index is 0.130. The number of carbonyl (C=O) groups excluding carboxylic acids is 1. The topological polar surface area (TPSA) is 73.0 Å². The predicted octanol–water partition coefficient (Wildman–Crippen LogP) is 5.37. The Morgan fingerprint density at radius 1 is 1.10 bits per heavy atom. The van der Waals surface area contributed by atoms with Crippen LogP contribution in [0.2, 0.25) is 5.02 Å². The zero-order valence-electron chi connectivity index (χ0n) is 16.7. The van der Waals surface area contributed by atoms with Crippen LogP contribution in [0.25, 0.3) is 17.0 Å². The van der Waals surface area contributed by atoms with Crippen LogP contribution >= 0.6 is 11.6 Å². The molecule has 2 heterocycles.